The molecule has 6 nitrogen and oxygen atoms in total. The van der Waals surface area contributed by atoms with E-state index in [0.29, 0.717) is 61.4 Å². The molecule has 3 N–H and O–H groups in total. The first kappa shape index (κ1) is 23.5. The van der Waals surface area contributed by atoms with Crippen molar-refractivity contribution in [1.82, 2.24) is 0 Å². The molecule has 1 unspecified atom stereocenters. The molecule has 0 saturated heterocycles. The molecule has 10 heteroatoms. The summed E-state index contributed by atoms with van der Waals surface area (Å²) in [6.45, 7) is 0. The fraction of sp³-hybridized carbons (Fsp3) is 0.478. The molecule has 176 valence electrons. The minimum Gasteiger partial charge on any atom is -0.365 e. The Morgan fingerprint density at radius 1 is 1.15 bits per heavy atom. The van der Waals surface area contributed by atoms with Crippen molar-refractivity contribution in [2.45, 2.75) is 56.8 Å². The predicted octanol–water partition coefficient (Wildman–Crippen LogP) is 3.69. The van der Waals surface area contributed by atoms with E-state index in [0.717, 1.165) is 10.3 Å². The summed E-state index contributed by atoms with van der Waals surface area (Å²) in [6.07, 6.45) is 2.77. The maximum atomic E-state index is 13.5. The lowest BCUT2D eigenvalue weighted by atomic mass is 9.85. The van der Waals surface area contributed by atoms with Crippen molar-refractivity contribution in [3.63, 3.8) is 0 Å². The molecule has 2 aliphatic carbocycles. The number of hydrogen-bond acceptors (Lipinski definition) is 3. The monoisotopic (exact) mass is 482 g/mol. The average Bonchev–Trinajstić information content (AvgIpc) is 3.57. The number of hydrogen-bond donors (Lipinski definition) is 2. The minimum atomic E-state index is -4.43. The number of rotatable bonds is 7. The van der Waals surface area contributed by atoms with E-state index in [1.807, 2.05) is 4.58 Å². The largest absolute Gasteiger partial charge is 0.452 e. The molecule has 4 rings (SSSR count). The van der Waals surface area contributed by atoms with Crippen LogP contribution in [0, 0.1) is 11.8 Å². The van der Waals surface area contributed by atoms with E-state index >= 15 is 0 Å². The molecule has 33 heavy (non-hydrogen) atoms. The van der Waals surface area contributed by atoms with Gasteiger partial charge in [0.2, 0.25) is 0 Å². The van der Waals surface area contributed by atoms with Gasteiger partial charge in [0.1, 0.15) is 17.9 Å². The zero-order chi connectivity index (χ0) is 23.8. The van der Waals surface area contributed by atoms with Crippen molar-refractivity contribution >= 4 is 41.7 Å². The van der Waals surface area contributed by atoms with Crippen LogP contribution in [0.5, 0.6) is 0 Å². The van der Waals surface area contributed by atoms with E-state index in [1.165, 1.54) is 6.21 Å². The van der Waals surface area contributed by atoms with Gasteiger partial charge in [-0.2, -0.15) is 17.7 Å². The lowest BCUT2D eigenvalue weighted by Gasteiger charge is -2.29. The lowest BCUT2D eigenvalue weighted by molar-refractivity contribution is -0.525. The number of amides is 2. The highest BCUT2D eigenvalue weighted by atomic mass is 35.5. The van der Waals surface area contributed by atoms with Gasteiger partial charge < -0.3 is 5.73 Å². The number of alkyl halides is 3. The van der Waals surface area contributed by atoms with Crippen LogP contribution in [0.1, 0.15) is 38.5 Å². The molecule has 2 fully saturated rings. The summed E-state index contributed by atoms with van der Waals surface area (Å²) in [7, 11) is 0. The maximum absolute atomic E-state index is 13.5. The number of nitrogens with zero attached hydrogens (tertiary/aromatic N) is 2. The number of anilines is 1. The number of carbonyl (C=O) groups excluding carboxylic acids is 2. The normalized spacial score (nSPS) is 24.6. The number of nitrogens with two attached hydrogens (primary N) is 1. The molecule has 0 aromatic heterocycles. The predicted molar refractivity (Wildman–Crippen MR) is 118 cm³/mol. The molecular weight excluding hydrogens is 457 g/mol. The molecule has 3 aliphatic rings. The third-order valence-corrected chi connectivity index (χ3v) is 6.77. The standard InChI is InChI=1S/C23H24ClF3N4O2/c24-16-5-7-17(8-6-16)29-22-19(21(28)33)12-31(22)18-9-1-14(2-10-18)11-30(13-32)20(15-3-4-15)23(25,26)27/h5-8,11-15,18,20H,1-4,9-10H2,(H-,28,33)/p+2. The van der Waals surface area contributed by atoms with E-state index in [1.54, 1.807) is 30.5 Å². The molecule has 1 atom stereocenters. The average molecular weight is 483 g/mol. The fourth-order valence-electron chi connectivity index (χ4n) is 4.67. The molecule has 0 spiro atoms. The van der Waals surface area contributed by atoms with E-state index in [9.17, 15) is 22.8 Å². The van der Waals surface area contributed by atoms with Gasteiger partial charge in [0.05, 0.1) is 0 Å². The first-order valence-electron chi connectivity index (χ1n) is 11.0. The van der Waals surface area contributed by atoms with Gasteiger partial charge in [-0.1, -0.05) is 11.6 Å². The van der Waals surface area contributed by atoms with Crippen LogP contribution < -0.4 is 11.1 Å². The van der Waals surface area contributed by atoms with Crippen LogP contribution in [-0.4, -0.2) is 51.8 Å². The van der Waals surface area contributed by atoms with Crippen molar-refractivity contribution in [3.8, 4) is 0 Å². The summed E-state index contributed by atoms with van der Waals surface area (Å²) in [5.74, 6) is -0.539. The molecule has 1 aliphatic heterocycles. The second-order valence-electron chi connectivity index (χ2n) is 8.89. The summed E-state index contributed by atoms with van der Waals surface area (Å²) >= 11 is 5.93. The molecule has 0 bridgehead atoms. The molecule has 2 saturated carbocycles. The topological polar surface area (TPSA) is 78.2 Å². The smallest absolute Gasteiger partial charge is 0.365 e. The van der Waals surface area contributed by atoms with Gasteiger partial charge >= 0.3 is 12.6 Å². The second-order valence-corrected chi connectivity index (χ2v) is 9.33. The van der Waals surface area contributed by atoms with Crippen molar-refractivity contribution in [2.24, 2.45) is 17.6 Å². The Labute approximate surface area is 194 Å². The van der Waals surface area contributed by atoms with Crippen LogP contribution in [0.4, 0.5) is 18.9 Å². The van der Waals surface area contributed by atoms with E-state index < -0.39 is 24.0 Å². The number of halogens is 4. The third kappa shape index (κ3) is 5.29. The first-order chi connectivity index (χ1) is 15.7. The Balaban J connectivity index is 1.45. The fourth-order valence-corrected chi connectivity index (χ4v) is 4.79. The van der Waals surface area contributed by atoms with Crippen LogP contribution in [0.15, 0.2) is 36.0 Å². The van der Waals surface area contributed by atoms with Gasteiger partial charge in [-0.05, 0) is 62.8 Å². The Morgan fingerprint density at radius 3 is 2.30 bits per heavy atom. The van der Waals surface area contributed by atoms with Crippen LogP contribution in [0.25, 0.3) is 0 Å². The number of amidine groups is 1. The molecular formula is C23H26ClF3N4O2+2. The highest BCUT2D eigenvalue weighted by Gasteiger charge is 2.57. The Morgan fingerprint density at radius 2 is 1.79 bits per heavy atom. The summed E-state index contributed by atoms with van der Waals surface area (Å²) in [6, 6.07) is 5.41. The zero-order valence-electron chi connectivity index (χ0n) is 17.9. The lowest BCUT2D eigenvalue weighted by Crippen LogP contribution is -2.46. The van der Waals surface area contributed by atoms with E-state index in [4.69, 9.17) is 17.3 Å². The van der Waals surface area contributed by atoms with Crippen molar-refractivity contribution in [1.29, 1.82) is 0 Å². The first-order valence-corrected chi connectivity index (χ1v) is 11.4. The van der Waals surface area contributed by atoms with E-state index in [-0.39, 0.29) is 12.0 Å². The van der Waals surface area contributed by atoms with Gasteiger partial charge in [-0.25, -0.2) is 14.7 Å². The quantitative estimate of drug-likeness (QED) is 0.353. The molecule has 1 aromatic carbocycles. The SMILES string of the molecule is NC(=O)C1=C[N+](C2CCC(C=[N+](C=O)C(C3CC3)C(F)(F)F)CC2)=C1Nc1ccc(Cl)cc1. The summed E-state index contributed by atoms with van der Waals surface area (Å²) in [4.78, 5) is 23.3. The van der Waals surface area contributed by atoms with Gasteiger partial charge in [0.15, 0.2) is 11.8 Å². The van der Waals surface area contributed by atoms with Gasteiger partial charge in [-0.3, -0.25) is 4.79 Å². The van der Waals surface area contributed by atoms with E-state index in [2.05, 4.69) is 5.32 Å². The highest BCUT2D eigenvalue weighted by Crippen LogP contribution is 2.42. The zero-order valence-corrected chi connectivity index (χ0v) is 18.6. The molecule has 1 aromatic rings. The minimum absolute atomic E-state index is 0.0825. The van der Waals surface area contributed by atoms with Crippen LogP contribution >= 0.6 is 11.6 Å². The van der Waals surface area contributed by atoms with Crippen molar-refractivity contribution in [2.75, 3.05) is 5.32 Å². The van der Waals surface area contributed by atoms with Gasteiger partial charge in [0, 0.05) is 16.9 Å². The highest BCUT2D eigenvalue weighted by molar-refractivity contribution is 6.30. The number of carbonyl (C=O) groups is 2. The van der Waals surface area contributed by atoms with Crippen LogP contribution in [0.2, 0.25) is 5.02 Å². The summed E-state index contributed by atoms with van der Waals surface area (Å²) < 4.78 is 43.3. The molecule has 0 radical (unpaired) electrons. The number of benzene rings is 1. The van der Waals surface area contributed by atoms with Crippen LogP contribution in [-0.2, 0) is 9.59 Å². The maximum Gasteiger partial charge on any atom is 0.452 e. The number of primary amides is 1. The molecule has 1 heterocycles. The van der Waals surface area contributed by atoms with Gasteiger partial charge in [0.25, 0.3) is 17.8 Å². The summed E-state index contributed by atoms with van der Waals surface area (Å²) in [5.41, 5.74) is 6.64. The van der Waals surface area contributed by atoms with Crippen molar-refractivity contribution < 1.29 is 31.9 Å². The second kappa shape index (κ2) is 9.29. The summed E-state index contributed by atoms with van der Waals surface area (Å²) in [5, 5.41) is 3.81. The number of nitrogens with one attached hydrogen (secondary N) is 1. The third-order valence-electron chi connectivity index (χ3n) is 6.52. The Bertz CT molecular complexity index is 1020. The Hall–Kier alpha value is -2.68. The Kier molecular flexibility index (Phi) is 6.61. The van der Waals surface area contributed by atoms with Gasteiger partial charge in [-0.15, -0.1) is 0 Å². The van der Waals surface area contributed by atoms with Crippen molar-refractivity contribution in [3.05, 3.63) is 41.1 Å². The van der Waals surface area contributed by atoms with Crippen LogP contribution in [0.3, 0.4) is 0 Å². The molecule has 2 amide bonds.